The summed E-state index contributed by atoms with van der Waals surface area (Å²) in [5.74, 6) is 0.910. The van der Waals surface area contributed by atoms with Crippen LogP contribution in [0.3, 0.4) is 0 Å². The molecule has 1 N–H and O–H groups in total. The van der Waals surface area contributed by atoms with Crippen molar-refractivity contribution in [3.63, 3.8) is 0 Å². The van der Waals surface area contributed by atoms with Gasteiger partial charge in [0.2, 0.25) is 0 Å². The summed E-state index contributed by atoms with van der Waals surface area (Å²) in [7, 11) is 2.08. The van der Waals surface area contributed by atoms with Crippen LogP contribution in [0.4, 0.5) is 0 Å². The zero-order chi connectivity index (χ0) is 19.8. The number of aromatic nitrogens is 3. The van der Waals surface area contributed by atoms with Crippen molar-refractivity contribution < 1.29 is 0 Å². The lowest BCUT2D eigenvalue weighted by Crippen LogP contribution is -2.38. The average Bonchev–Trinajstić information content (AvgIpc) is 3.20. The Morgan fingerprint density at radius 3 is 2.66 bits per heavy atom. The number of benzene rings is 2. The average molecular weight is 504 g/mol. The lowest BCUT2D eigenvalue weighted by atomic mass is 10.1. The smallest absolute Gasteiger partial charge is 0.194 e. The monoisotopic (exact) mass is 504 g/mol. The lowest BCUT2D eigenvalue weighted by Gasteiger charge is -2.23. The zero-order valence-corrected chi connectivity index (χ0v) is 19.6. The van der Waals surface area contributed by atoms with Crippen molar-refractivity contribution in [2.75, 3.05) is 13.6 Å². The molecule has 0 saturated carbocycles. The van der Waals surface area contributed by atoms with E-state index in [0.29, 0.717) is 13.1 Å². The Labute approximate surface area is 190 Å². The standard InChI is InChI=1S/C22H28N6.HI/c1-4-24-22(27(3)15-21-11-6-5-8-18(21)2)25-13-19-9-7-10-20(12-19)14-28-17-23-16-26-28;/h5-12,16-17H,4,13-15H2,1-3H3,(H,24,25);1H. The third kappa shape index (κ3) is 6.85. The van der Waals surface area contributed by atoms with E-state index in [1.165, 1.54) is 22.3 Å². The van der Waals surface area contributed by atoms with Crippen molar-refractivity contribution in [2.24, 2.45) is 4.99 Å². The molecule has 2 aromatic carbocycles. The van der Waals surface area contributed by atoms with Gasteiger partial charge >= 0.3 is 0 Å². The third-order valence-electron chi connectivity index (χ3n) is 4.58. The van der Waals surface area contributed by atoms with Crippen LogP contribution in [-0.4, -0.2) is 39.2 Å². The maximum atomic E-state index is 4.84. The molecule has 0 bridgehead atoms. The minimum atomic E-state index is 0. The van der Waals surface area contributed by atoms with Crippen LogP contribution < -0.4 is 5.32 Å². The number of aliphatic imine (C=N–C) groups is 1. The number of nitrogens with one attached hydrogen (secondary N) is 1. The third-order valence-corrected chi connectivity index (χ3v) is 4.58. The van der Waals surface area contributed by atoms with E-state index in [9.17, 15) is 0 Å². The summed E-state index contributed by atoms with van der Waals surface area (Å²) in [4.78, 5) is 11.0. The van der Waals surface area contributed by atoms with Crippen LogP contribution in [-0.2, 0) is 19.6 Å². The van der Waals surface area contributed by atoms with Crippen LogP contribution in [0, 0.1) is 6.92 Å². The van der Waals surface area contributed by atoms with Gasteiger partial charge < -0.3 is 10.2 Å². The molecular weight excluding hydrogens is 475 g/mol. The largest absolute Gasteiger partial charge is 0.357 e. The van der Waals surface area contributed by atoms with Gasteiger partial charge in [0.15, 0.2) is 5.96 Å². The fourth-order valence-corrected chi connectivity index (χ4v) is 3.08. The topological polar surface area (TPSA) is 58.3 Å². The number of guanidine groups is 1. The molecule has 0 saturated heterocycles. The van der Waals surface area contributed by atoms with Crippen LogP contribution >= 0.6 is 24.0 Å². The summed E-state index contributed by atoms with van der Waals surface area (Å²) in [6, 6.07) is 16.9. The van der Waals surface area contributed by atoms with Crippen molar-refractivity contribution in [1.29, 1.82) is 0 Å². The molecule has 0 aliphatic carbocycles. The highest BCUT2D eigenvalue weighted by atomic mass is 127. The molecule has 0 atom stereocenters. The maximum absolute atomic E-state index is 4.84. The molecule has 0 aliphatic heterocycles. The molecule has 0 fully saturated rings. The predicted molar refractivity (Wildman–Crippen MR) is 128 cm³/mol. The Kier molecular flexibility index (Phi) is 9.11. The van der Waals surface area contributed by atoms with Crippen molar-refractivity contribution in [3.05, 3.63) is 83.4 Å². The molecular formula is C22H29IN6. The van der Waals surface area contributed by atoms with Gasteiger partial charge in [0.05, 0.1) is 13.1 Å². The van der Waals surface area contributed by atoms with Crippen molar-refractivity contribution in [1.82, 2.24) is 25.0 Å². The Bertz CT molecular complexity index is 907. The van der Waals surface area contributed by atoms with E-state index in [-0.39, 0.29) is 24.0 Å². The Morgan fingerprint density at radius 1 is 1.14 bits per heavy atom. The first kappa shape index (κ1) is 22.9. The summed E-state index contributed by atoms with van der Waals surface area (Å²) in [6.07, 6.45) is 3.29. The number of rotatable bonds is 7. The summed E-state index contributed by atoms with van der Waals surface area (Å²) in [6.45, 7) is 7.24. The Hall–Kier alpha value is -2.42. The van der Waals surface area contributed by atoms with Crippen LogP contribution in [0.25, 0.3) is 0 Å². The highest BCUT2D eigenvalue weighted by molar-refractivity contribution is 14.0. The second kappa shape index (κ2) is 11.5. The van der Waals surface area contributed by atoms with Gasteiger partial charge in [-0.25, -0.2) is 14.7 Å². The summed E-state index contributed by atoms with van der Waals surface area (Å²) in [5.41, 5.74) is 4.98. The minimum Gasteiger partial charge on any atom is -0.357 e. The second-order valence-corrected chi connectivity index (χ2v) is 6.87. The van der Waals surface area contributed by atoms with Crippen molar-refractivity contribution >= 4 is 29.9 Å². The first-order chi connectivity index (χ1) is 13.7. The molecule has 1 aromatic heterocycles. The first-order valence-corrected chi connectivity index (χ1v) is 9.60. The van der Waals surface area contributed by atoms with Crippen LogP contribution in [0.2, 0.25) is 0 Å². The number of halogens is 1. The van der Waals surface area contributed by atoms with Gasteiger partial charge in [-0.2, -0.15) is 5.10 Å². The molecule has 0 aliphatic rings. The number of hydrogen-bond acceptors (Lipinski definition) is 3. The number of hydrogen-bond donors (Lipinski definition) is 1. The zero-order valence-electron chi connectivity index (χ0n) is 17.2. The van der Waals surface area contributed by atoms with Crippen molar-refractivity contribution in [2.45, 2.75) is 33.5 Å². The van der Waals surface area contributed by atoms with Gasteiger partial charge in [-0.3, -0.25) is 0 Å². The summed E-state index contributed by atoms with van der Waals surface area (Å²) < 4.78 is 1.82. The van der Waals surface area contributed by atoms with Gasteiger partial charge in [-0.05, 0) is 36.1 Å². The van der Waals surface area contributed by atoms with E-state index in [2.05, 4.69) is 89.7 Å². The molecule has 7 heteroatoms. The summed E-state index contributed by atoms with van der Waals surface area (Å²) >= 11 is 0. The fraction of sp³-hybridized carbons (Fsp3) is 0.318. The minimum absolute atomic E-state index is 0. The highest BCUT2D eigenvalue weighted by Gasteiger charge is 2.08. The Balaban J connectivity index is 0.00000300. The molecule has 0 spiro atoms. The molecule has 154 valence electrons. The predicted octanol–water partition coefficient (Wildman–Crippen LogP) is 3.85. The van der Waals surface area contributed by atoms with E-state index < -0.39 is 0 Å². The Morgan fingerprint density at radius 2 is 1.93 bits per heavy atom. The summed E-state index contributed by atoms with van der Waals surface area (Å²) in [5, 5.41) is 7.57. The molecule has 3 aromatic rings. The van der Waals surface area contributed by atoms with Crippen LogP contribution in [0.5, 0.6) is 0 Å². The molecule has 1 heterocycles. The molecule has 6 nitrogen and oxygen atoms in total. The normalized spacial score (nSPS) is 11.1. The molecule has 0 radical (unpaired) electrons. The van der Waals surface area contributed by atoms with Crippen LogP contribution in [0.15, 0.2) is 66.2 Å². The van der Waals surface area contributed by atoms with Gasteiger partial charge in [0, 0.05) is 20.1 Å². The fourth-order valence-electron chi connectivity index (χ4n) is 3.08. The molecule has 0 unspecified atom stereocenters. The van der Waals surface area contributed by atoms with E-state index in [1.54, 1.807) is 12.7 Å². The number of nitrogens with zero attached hydrogens (tertiary/aromatic N) is 5. The van der Waals surface area contributed by atoms with E-state index >= 15 is 0 Å². The van der Waals surface area contributed by atoms with E-state index in [1.807, 2.05) is 4.68 Å². The lowest BCUT2D eigenvalue weighted by molar-refractivity contribution is 0.475. The maximum Gasteiger partial charge on any atom is 0.194 e. The molecule has 0 amide bonds. The van der Waals surface area contributed by atoms with Gasteiger partial charge in [-0.15, -0.1) is 24.0 Å². The SMILES string of the molecule is CCNC(=NCc1cccc(Cn2cncn2)c1)N(C)Cc1ccccc1C.I. The van der Waals surface area contributed by atoms with Gasteiger partial charge in [0.25, 0.3) is 0 Å². The molecule has 29 heavy (non-hydrogen) atoms. The molecule has 3 rings (SSSR count). The van der Waals surface area contributed by atoms with E-state index in [4.69, 9.17) is 4.99 Å². The van der Waals surface area contributed by atoms with Crippen molar-refractivity contribution in [3.8, 4) is 0 Å². The van der Waals surface area contributed by atoms with Gasteiger partial charge in [-0.1, -0.05) is 48.5 Å². The first-order valence-electron chi connectivity index (χ1n) is 9.60. The van der Waals surface area contributed by atoms with Gasteiger partial charge in [0.1, 0.15) is 12.7 Å². The van der Waals surface area contributed by atoms with Crippen LogP contribution in [0.1, 0.15) is 29.2 Å². The highest BCUT2D eigenvalue weighted by Crippen LogP contribution is 2.11. The second-order valence-electron chi connectivity index (χ2n) is 6.87. The quantitative estimate of drug-likeness (QED) is 0.302. The van der Waals surface area contributed by atoms with E-state index in [0.717, 1.165) is 19.0 Å². The number of aryl methyl sites for hydroxylation is 1.